The van der Waals surface area contributed by atoms with Crippen molar-refractivity contribution in [1.29, 1.82) is 0 Å². The molecular weight excluding hydrogens is 376 g/mol. The van der Waals surface area contributed by atoms with Crippen LogP contribution in [0.4, 0.5) is 5.13 Å². The maximum Gasteiger partial charge on any atom is 0.226 e. The largest absolute Gasteiger partial charge is 0.486 e. The zero-order chi connectivity index (χ0) is 19.5. The molecule has 0 fully saturated rings. The summed E-state index contributed by atoms with van der Waals surface area (Å²) in [6.45, 7) is 3.21. The van der Waals surface area contributed by atoms with Crippen LogP contribution in [0.3, 0.4) is 0 Å². The van der Waals surface area contributed by atoms with Crippen LogP contribution in [0.25, 0.3) is 0 Å². The molecule has 2 heterocycles. The number of anilines is 1. The maximum absolute atomic E-state index is 12.4. The Hall–Kier alpha value is -2.41. The van der Waals surface area contributed by atoms with Gasteiger partial charge in [-0.1, -0.05) is 13.3 Å². The third-order valence-electron chi connectivity index (χ3n) is 5.31. The Bertz CT molecular complexity index is 893. The first-order chi connectivity index (χ1) is 13.6. The third kappa shape index (κ3) is 4.19. The van der Waals surface area contributed by atoms with Gasteiger partial charge < -0.3 is 14.8 Å². The molecule has 0 saturated heterocycles. The summed E-state index contributed by atoms with van der Waals surface area (Å²) in [4.78, 5) is 30.6. The molecule has 1 amide bonds. The molecule has 6 nitrogen and oxygen atoms in total. The molecule has 1 aliphatic heterocycles. The normalized spacial score (nSPS) is 17.7. The Morgan fingerprint density at radius 1 is 1.21 bits per heavy atom. The Morgan fingerprint density at radius 3 is 2.86 bits per heavy atom. The fraction of sp³-hybridized carbons (Fsp3) is 0.476. The standard InChI is InChI=1S/C21H24N2O4S/c1-2-13-3-5-15-19(11-13)28-21(22-15)23-20(25)8-6-16(24)14-4-7-17-18(12-14)27-10-9-26-17/h4,7,12-13H,2-3,5-6,8-11H2,1H3,(H,22,23,25). The van der Waals surface area contributed by atoms with Crippen LogP contribution in [-0.2, 0) is 17.6 Å². The SMILES string of the molecule is CCC1CCc2nc(NC(=O)CCC(=O)c3ccc4c(c3)OCCO4)sc2C1. The number of nitrogens with zero attached hydrogens (tertiary/aromatic N) is 1. The van der Waals surface area contributed by atoms with Crippen molar-refractivity contribution in [2.45, 2.75) is 45.4 Å². The Kier molecular flexibility index (Phi) is 5.62. The van der Waals surface area contributed by atoms with Crippen LogP contribution in [0.2, 0.25) is 0 Å². The minimum absolute atomic E-state index is 0.0867. The number of aryl methyl sites for hydroxylation is 1. The van der Waals surface area contributed by atoms with Crippen LogP contribution < -0.4 is 14.8 Å². The highest BCUT2D eigenvalue weighted by Gasteiger charge is 2.22. The second kappa shape index (κ2) is 8.31. The first-order valence-electron chi connectivity index (χ1n) is 9.83. The fourth-order valence-corrected chi connectivity index (χ4v) is 4.75. The van der Waals surface area contributed by atoms with Gasteiger partial charge in [-0.25, -0.2) is 4.98 Å². The number of hydrogen-bond acceptors (Lipinski definition) is 6. The van der Waals surface area contributed by atoms with E-state index in [1.54, 1.807) is 29.5 Å². The van der Waals surface area contributed by atoms with E-state index in [4.69, 9.17) is 9.47 Å². The topological polar surface area (TPSA) is 77.5 Å². The highest BCUT2D eigenvalue weighted by Crippen LogP contribution is 2.34. The predicted octanol–water partition coefficient (Wildman–Crippen LogP) is 4.03. The Balaban J connectivity index is 1.31. The zero-order valence-corrected chi connectivity index (χ0v) is 16.8. The number of ether oxygens (including phenoxy) is 2. The number of rotatable bonds is 6. The molecule has 7 heteroatoms. The molecule has 0 radical (unpaired) electrons. The number of Topliss-reactive ketones (excluding diaryl/α,β-unsaturated/α-hetero) is 1. The van der Waals surface area contributed by atoms with Crippen molar-refractivity contribution in [3.63, 3.8) is 0 Å². The number of hydrogen-bond donors (Lipinski definition) is 1. The molecular formula is C21H24N2O4S. The molecule has 0 spiro atoms. The number of fused-ring (bicyclic) bond motifs is 2. The van der Waals surface area contributed by atoms with Crippen molar-refractivity contribution in [2.24, 2.45) is 5.92 Å². The highest BCUT2D eigenvalue weighted by molar-refractivity contribution is 7.15. The second-order valence-corrected chi connectivity index (χ2v) is 8.32. The predicted molar refractivity (Wildman–Crippen MR) is 108 cm³/mol. The third-order valence-corrected chi connectivity index (χ3v) is 6.34. The van der Waals surface area contributed by atoms with Crippen LogP contribution in [0, 0.1) is 5.92 Å². The summed E-state index contributed by atoms with van der Waals surface area (Å²) in [6, 6.07) is 5.14. The van der Waals surface area contributed by atoms with Gasteiger partial charge in [0.15, 0.2) is 22.4 Å². The average molecular weight is 401 g/mol. The van der Waals surface area contributed by atoms with E-state index in [1.165, 1.54) is 17.7 Å². The fourth-order valence-electron chi connectivity index (χ4n) is 3.62. The smallest absolute Gasteiger partial charge is 0.226 e. The summed E-state index contributed by atoms with van der Waals surface area (Å²) in [7, 11) is 0. The van der Waals surface area contributed by atoms with Gasteiger partial charge in [0.05, 0.1) is 5.69 Å². The zero-order valence-electron chi connectivity index (χ0n) is 16.0. The Labute approximate surface area is 168 Å². The lowest BCUT2D eigenvalue weighted by molar-refractivity contribution is -0.116. The lowest BCUT2D eigenvalue weighted by Gasteiger charge is -2.18. The van der Waals surface area contributed by atoms with Crippen molar-refractivity contribution in [2.75, 3.05) is 18.5 Å². The van der Waals surface area contributed by atoms with Gasteiger partial charge in [0.2, 0.25) is 5.91 Å². The van der Waals surface area contributed by atoms with Crippen molar-refractivity contribution in [3.8, 4) is 11.5 Å². The first kappa shape index (κ1) is 18.9. The van der Waals surface area contributed by atoms with E-state index in [0.29, 0.717) is 35.4 Å². The van der Waals surface area contributed by atoms with Gasteiger partial charge in [-0.05, 0) is 43.4 Å². The monoisotopic (exact) mass is 400 g/mol. The summed E-state index contributed by atoms with van der Waals surface area (Å²) < 4.78 is 11.0. The average Bonchev–Trinajstić information content (AvgIpc) is 3.12. The van der Waals surface area contributed by atoms with Crippen LogP contribution in [0.1, 0.15) is 53.5 Å². The van der Waals surface area contributed by atoms with E-state index in [9.17, 15) is 9.59 Å². The van der Waals surface area contributed by atoms with E-state index in [2.05, 4.69) is 17.2 Å². The number of nitrogens with one attached hydrogen (secondary N) is 1. The van der Waals surface area contributed by atoms with Crippen molar-refractivity contribution in [1.82, 2.24) is 4.98 Å². The van der Waals surface area contributed by atoms with Gasteiger partial charge in [0.1, 0.15) is 13.2 Å². The van der Waals surface area contributed by atoms with E-state index in [-0.39, 0.29) is 24.5 Å². The van der Waals surface area contributed by atoms with Gasteiger partial charge in [0.25, 0.3) is 0 Å². The molecule has 1 aromatic heterocycles. The van der Waals surface area contributed by atoms with Gasteiger partial charge >= 0.3 is 0 Å². The quantitative estimate of drug-likeness (QED) is 0.741. The summed E-state index contributed by atoms with van der Waals surface area (Å²) in [5.41, 5.74) is 1.66. The number of carbonyl (C=O) groups is 2. The molecule has 1 N–H and O–H groups in total. The van der Waals surface area contributed by atoms with Gasteiger partial charge in [0, 0.05) is 23.3 Å². The molecule has 1 atom stereocenters. The van der Waals surface area contributed by atoms with Crippen molar-refractivity contribution >= 4 is 28.2 Å². The summed E-state index contributed by atoms with van der Waals surface area (Å²) in [5, 5.41) is 3.51. The summed E-state index contributed by atoms with van der Waals surface area (Å²) in [5.74, 6) is 1.69. The van der Waals surface area contributed by atoms with E-state index in [1.807, 2.05) is 0 Å². The van der Waals surface area contributed by atoms with Gasteiger partial charge in [-0.3, -0.25) is 9.59 Å². The number of aromatic nitrogens is 1. The molecule has 28 heavy (non-hydrogen) atoms. The van der Waals surface area contributed by atoms with Crippen molar-refractivity contribution in [3.05, 3.63) is 34.3 Å². The second-order valence-electron chi connectivity index (χ2n) is 7.24. The molecule has 0 saturated carbocycles. The molecule has 2 aliphatic rings. The molecule has 2 aromatic rings. The number of thiazole rings is 1. The van der Waals surface area contributed by atoms with Crippen molar-refractivity contribution < 1.29 is 19.1 Å². The summed E-state index contributed by atoms with van der Waals surface area (Å²) in [6.07, 6.45) is 4.68. The van der Waals surface area contributed by atoms with Gasteiger partial charge in [-0.2, -0.15) is 0 Å². The van der Waals surface area contributed by atoms with E-state index >= 15 is 0 Å². The molecule has 4 rings (SSSR count). The van der Waals surface area contributed by atoms with Crippen LogP contribution in [0.15, 0.2) is 18.2 Å². The van der Waals surface area contributed by atoms with E-state index < -0.39 is 0 Å². The number of benzene rings is 1. The lowest BCUT2D eigenvalue weighted by atomic mass is 9.89. The minimum atomic E-state index is -0.177. The molecule has 1 unspecified atom stereocenters. The summed E-state index contributed by atoms with van der Waals surface area (Å²) >= 11 is 1.57. The number of ketones is 1. The highest BCUT2D eigenvalue weighted by atomic mass is 32.1. The van der Waals surface area contributed by atoms with E-state index in [0.717, 1.165) is 24.5 Å². The van der Waals surface area contributed by atoms with Gasteiger partial charge in [-0.15, -0.1) is 11.3 Å². The van der Waals surface area contributed by atoms with Crippen LogP contribution >= 0.6 is 11.3 Å². The lowest BCUT2D eigenvalue weighted by Crippen LogP contribution is -2.16. The Morgan fingerprint density at radius 2 is 2.04 bits per heavy atom. The molecule has 0 bridgehead atoms. The van der Waals surface area contributed by atoms with Crippen LogP contribution in [-0.4, -0.2) is 29.9 Å². The number of carbonyl (C=O) groups excluding carboxylic acids is 2. The minimum Gasteiger partial charge on any atom is -0.486 e. The maximum atomic E-state index is 12.4. The van der Waals surface area contributed by atoms with Crippen LogP contribution in [0.5, 0.6) is 11.5 Å². The molecule has 1 aliphatic carbocycles. The molecule has 148 valence electrons. The number of amides is 1. The molecule has 1 aromatic carbocycles. The first-order valence-corrected chi connectivity index (χ1v) is 10.6.